The number of carbonyl (C=O) groups excluding carboxylic acids is 1. The molecule has 0 bridgehead atoms. The van der Waals surface area contributed by atoms with Crippen LogP contribution in [-0.2, 0) is 9.53 Å². The second-order valence-corrected chi connectivity index (χ2v) is 3.15. The predicted octanol–water partition coefficient (Wildman–Crippen LogP) is 0.547. The largest absolute Gasteiger partial charge is 0.381 e. The maximum absolute atomic E-state index is 10.7. The van der Waals surface area contributed by atoms with Gasteiger partial charge in [-0.25, -0.2) is 0 Å². The molecule has 0 aromatic heterocycles. The van der Waals surface area contributed by atoms with Crippen LogP contribution in [0.5, 0.6) is 0 Å². The van der Waals surface area contributed by atoms with Gasteiger partial charge in [-0.2, -0.15) is 0 Å². The average molecular weight is 157 g/mol. The van der Waals surface area contributed by atoms with Gasteiger partial charge < -0.3 is 10.1 Å². The van der Waals surface area contributed by atoms with Crippen LogP contribution in [0.1, 0.15) is 20.3 Å². The molecule has 0 saturated carbocycles. The molecule has 0 radical (unpaired) electrons. The maximum atomic E-state index is 10.7. The Morgan fingerprint density at radius 3 is 2.91 bits per heavy atom. The summed E-state index contributed by atoms with van der Waals surface area (Å²) >= 11 is 0. The van der Waals surface area contributed by atoms with E-state index in [1.807, 2.05) is 0 Å². The van der Waals surface area contributed by atoms with Crippen molar-refractivity contribution < 1.29 is 9.53 Å². The summed E-state index contributed by atoms with van der Waals surface area (Å²) in [4.78, 5) is 10.7. The van der Waals surface area contributed by atoms with Crippen molar-refractivity contribution >= 4 is 5.91 Å². The van der Waals surface area contributed by atoms with E-state index in [1.54, 1.807) is 6.92 Å². The topological polar surface area (TPSA) is 38.3 Å². The molecule has 1 aliphatic heterocycles. The number of rotatable bonds is 1. The third-order valence-electron chi connectivity index (χ3n) is 2.03. The quantitative estimate of drug-likeness (QED) is 0.603. The summed E-state index contributed by atoms with van der Waals surface area (Å²) in [7, 11) is 0. The lowest BCUT2D eigenvalue weighted by atomic mass is 9.98. The van der Waals surface area contributed by atoms with Crippen molar-refractivity contribution in [3.05, 3.63) is 0 Å². The highest BCUT2D eigenvalue weighted by Gasteiger charge is 2.21. The number of hydrogen-bond acceptors (Lipinski definition) is 2. The first-order chi connectivity index (χ1) is 5.20. The molecule has 0 unspecified atom stereocenters. The number of amides is 1. The molecule has 1 aliphatic rings. The molecule has 1 heterocycles. The van der Waals surface area contributed by atoms with Crippen molar-refractivity contribution in [1.82, 2.24) is 5.32 Å². The highest BCUT2D eigenvalue weighted by molar-refractivity contribution is 5.73. The van der Waals surface area contributed by atoms with Gasteiger partial charge in [0.2, 0.25) is 5.91 Å². The van der Waals surface area contributed by atoms with Crippen LogP contribution < -0.4 is 5.32 Å². The van der Waals surface area contributed by atoms with E-state index in [4.69, 9.17) is 4.74 Å². The zero-order chi connectivity index (χ0) is 8.27. The summed E-state index contributed by atoms with van der Waals surface area (Å²) in [5, 5.41) is 2.91. The highest BCUT2D eigenvalue weighted by Crippen LogP contribution is 2.13. The molecule has 3 heteroatoms. The van der Waals surface area contributed by atoms with Gasteiger partial charge in [-0.15, -0.1) is 0 Å². The minimum absolute atomic E-state index is 0.0590. The molecule has 0 aliphatic carbocycles. The molecule has 0 aromatic rings. The zero-order valence-corrected chi connectivity index (χ0v) is 7.09. The fraction of sp³-hybridized carbons (Fsp3) is 0.875. The molecule has 11 heavy (non-hydrogen) atoms. The van der Waals surface area contributed by atoms with Crippen LogP contribution in [-0.4, -0.2) is 25.2 Å². The highest BCUT2D eigenvalue weighted by atomic mass is 16.5. The Bertz CT molecular complexity index is 147. The van der Waals surface area contributed by atoms with Gasteiger partial charge in [0.25, 0.3) is 0 Å². The summed E-state index contributed by atoms with van der Waals surface area (Å²) in [6, 6.07) is 0.321. The Kier molecular flexibility index (Phi) is 2.88. The lowest BCUT2D eigenvalue weighted by Crippen LogP contribution is -2.43. The Morgan fingerprint density at radius 2 is 2.36 bits per heavy atom. The van der Waals surface area contributed by atoms with Gasteiger partial charge in [0.1, 0.15) is 0 Å². The second-order valence-electron chi connectivity index (χ2n) is 3.15. The third kappa shape index (κ3) is 2.50. The van der Waals surface area contributed by atoms with E-state index in [1.165, 1.54) is 0 Å². The molecule has 2 atom stereocenters. The van der Waals surface area contributed by atoms with Crippen LogP contribution in [0, 0.1) is 5.92 Å². The van der Waals surface area contributed by atoms with Gasteiger partial charge in [0, 0.05) is 19.6 Å². The van der Waals surface area contributed by atoms with Crippen molar-refractivity contribution in [2.24, 2.45) is 5.92 Å². The normalized spacial score (nSPS) is 31.5. The van der Waals surface area contributed by atoms with Crippen molar-refractivity contribution in [3.8, 4) is 0 Å². The monoisotopic (exact) mass is 157 g/mol. The van der Waals surface area contributed by atoms with Gasteiger partial charge in [0.15, 0.2) is 0 Å². The molecule has 1 rings (SSSR count). The van der Waals surface area contributed by atoms with Crippen molar-refractivity contribution in [3.63, 3.8) is 0 Å². The number of nitrogens with one attached hydrogen (secondary N) is 1. The minimum Gasteiger partial charge on any atom is -0.381 e. The van der Waals surface area contributed by atoms with E-state index in [0.717, 1.165) is 19.6 Å². The third-order valence-corrected chi connectivity index (χ3v) is 2.03. The van der Waals surface area contributed by atoms with Crippen molar-refractivity contribution in [1.29, 1.82) is 0 Å². The predicted molar refractivity (Wildman–Crippen MR) is 42.2 cm³/mol. The van der Waals surface area contributed by atoms with Gasteiger partial charge in [-0.3, -0.25) is 4.79 Å². The molecule has 1 saturated heterocycles. The van der Waals surface area contributed by atoms with E-state index in [-0.39, 0.29) is 5.91 Å². The Morgan fingerprint density at radius 1 is 1.64 bits per heavy atom. The van der Waals surface area contributed by atoms with E-state index >= 15 is 0 Å². The van der Waals surface area contributed by atoms with Crippen LogP contribution in [0.25, 0.3) is 0 Å². The van der Waals surface area contributed by atoms with Crippen LogP contribution in [0.4, 0.5) is 0 Å². The van der Waals surface area contributed by atoms with E-state index in [0.29, 0.717) is 12.0 Å². The SMILES string of the molecule is CC(=O)N[C@H]1CCOC[C@H]1C. The van der Waals surface area contributed by atoms with Crippen LogP contribution in [0.15, 0.2) is 0 Å². The molecule has 1 amide bonds. The summed E-state index contributed by atoms with van der Waals surface area (Å²) in [5.74, 6) is 0.511. The van der Waals surface area contributed by atoms with Crippen LogP contribution in [0.3, 0.4) is 0 Å². The molecule has 0 aromatic carbocycles. The maximum Gasteiger partial charge on any atom is 0.217 e. The smallest absolute Gasteiger partial charge is 0.217 e. The first kappa shape index (κ1) is 8.53. The molecule has 0 spiro atoms. The fourth-order valence-electron chi connectivity index (χ4n) is 1.36. The lowest BCUT2D eigenvalue weighted by molar-refractivity contribution is -0.120. The van der Waals surface area contributed by atoms with E-state index < -0.39 is 0 Å². The Hall–Kier alpha value is -0.570. The Balaban J connectivity index is 2.35. The van der Waals surface area contributed by atoms with E-state index in [9.17, 15) is 4.79 Å². The average Bonchev–Trinajstić information content (AvgIpc) is 1.93. The van der Waals surface area contributed by atoms with Gasteiger partial charge >= 0.3 is 0 Å². The van der Waals surface area contributed by atoms with Gasteiger partial charge in [0.05, 0.1) is 6.61 Å². The lowest BCUT2D eigenvalue weighted by Gasteiger charge is -2.29. The van der Waals surface area contributed by atoms with Crippen LogP contribution >= 0.6 is 0 Å². The summed E-state index contributed by atoms with van der Waals surface area (Å²) < 4.78 is 5.24. The summed E-state index contributed by atoms with van der Waals surface area (Å²) in [5.41, 5.74) is 0. The fourth-order valence-corrected chi connectivity index (χ4v) is 1.36. The minimum atomic E-state index is 0.0590. The summed E-state index contributed by atoms with van der Waals surface area (Å²) in [6.07, 6.45) is 0.945. The first-order valence-corrected chi connectivity index (χ1v) is 4.05. The van der Waals surface area contributed by atoms with Crippen molar-refractivity contribution in [2.75, 3.05) is 13.2 Å². The molecule has 64 valence electrons. The Labute approximate surface area is 67.1 Å². The number of carbonyl (C=O) groups is 1. The van der Waals surface area contributed by atoms with Crippen LogP contribution in [0.2, 0.25) is 0 Å². The molecule has 3 nitrogen and oxygen atoms in total. The van der Waals surface area contributed by atoms with E-state index in [2.05, 4.69) is 12.2 Å². The van der Waals surface area contributed by atoms with Gasteiger partial charge in [-0.05, 0) is 12.3 Å². The van der Waals surface area contributed by atoms with Gasteiger partial charge in [-0.1, -0.05) is 6.92 Å². The second kappa shape index (κ2) is 3.72. The molecular weight excluding hydrogens is 142 g/mol. The standard InChI is InChI=1S/C8H15NO2/c1-6-5-11-4-3-8(6)9-7(2)10/h6,8H,3-5H2,1-2H3,(H,9,10)/t6-,8+/m1/s1. The molecular formula is C8H15NO2. The van der Waals surface area contributed by atoms with Crippen molar-refractivity contribution in [2.45, 2.75) is 26.3 Å². The first-order valence-electron chi connectivity index (χ1n) is 4.05. The number of hydrogen-bond donors (Lipinski definition) is 1. The molecule has 1 fully saturated rings. The summed E-state index contributed by atoms with van der Waals surface area (Å²) in [6.45, 7) is 5.20. The molecule has 1 N–H and O–H groups in total. The zero-order valence-electron chi connectivity index (χ0n) is 7.09. The number of ether oxygens (including phenoxy) is 1.